The molecule has 1 aromatic carbocycles. The van der Waals surface area contributed by atoms with Crippen LogP contribution in [0.2, 0.25) is 5.02 Å². The second-order valence-electron chi connectivity index (χ2n) is 5.06. The minimum absolute atomic E-state index is 0.209. The van der Waals surface area contributed by atoms with Gasteiger partial charge in [-0.3, -0.25) is 9.48 Å². The first-order valence-corrected chi connectivity index (χ1v) is 7.31. The van der Waals surface area contributed by atoms with Crippen molar-refractivity contribution < 1.29 is 4.79 Å². The van der Waals surface area contributed by atoms with E-state index in [1.807, 2.05) is 25.4 Å². The van der Waals surface area contributed by atoms with Crippen LogP contribution >= 0.6 is 11.6 Å². The van der Waals surface area contributed by atoms with Crippen LogP contribution in [0, 0.1) is 6.92 Å². The Morgan fingerprint density at radius 2 is 2.17 bits per heavy atom. The molecule has 3 aromatic rings. The number of ketones is 1. The molecule has 0 saturated carbocycles. The molecule has 23 heavy (non-hydrogen) atoms. The van der Waals surface area contributed by atoms with Gasteiger partial charge in [0.15, 0.2) is 5.69 Å². The Hall–Kier alpha value is -2.73. The second-order valence-corrected chi connectivity index (χ2v) is 5.50. The number of halogens is 1. The van der Waals surface area contributed by atoms with Gasteiger partial charge < -0.3 is 0 Å². The summed E-state index contributed by atoms with van der Waals surface area (Å²) in [6.45, 7) is 1.80. The molecule has 0 unspecified atom stereocenters. The molecule has 0 aliphatic carbocycles. The van der Waals surface area contributed by atoms with Gasteiger partial charge in [-0.15, -0.1) is 5.10 Å². The Bertz CT molecular complexity index is 894. The maximum Gasteiger partial charge on any atom is 0.208 e. The van der Waals surface area contributed by atoms with E-state index in [0.717, 1.165) is 11.3 Å². The largest absolute Gasteiger partial charge is 0.287 e. The molecule has 6 nitrogen and oxygen atoms in total. The minimum Gasteiger partial charge on any atom is -0.287 e. The summed E-state index contributed by atoms with van der Waals surface area (Å²) in [6, 6.07) is 7.22. The van der Waals surface area contributed by atoms with Crippen molar-refractivity contribution in [1.82, 2.24) is 24.8 Å². The van der Waals surface area contributed by atoms with Crippen LogP contribution in [0.4, 0.5) is 0 Å². The second kappa shape index (κ2) is 6.18. The molecule has 7 heteroatoms. The number of carbonyl (C=O) groups is 1. The van der Waals surface area contributed by atoms with E-state index in [4.69, 9.17) is 11.6 Å². The molecule has 0 amide bonds. The Labute approximate surface area is 138 Å². The average molecular weight is 328 g/mol. The first-order valence-electron chi connectivity index (χ1n) is 6.94. The maximum atomic E-state index is 12.3. The van der Waals surface area contributed by atoms with Crippen molar-refractivity contribution in [1.29, 1.82) is 0 Å². The molecular formula is C16H14ClN5O. The van der Waals surface area contributed by atoms with Gasteiger partial charge in [-0.2, -0.15) is 5.10 Å². The van der Waals surface area contributed by atoms with Crippen LogP contribution in [0.25, 0.3) is 11.8 Å². The Kier molecular flexibility index (Phi) is 4.08. The summed E-state index contributed by atoms with van der Waals surface area (Å²) in [5, 5.41) is 12.7. The molecule has 0 aliphatic rings. The molecule has 0 aliphatic heterocycles. The summed E-state index contributed by atoms with van der Waals surface area (Å²) < 4.78 is 3.27. The summed E-state index contributed by atoms with van der Waals surface area (Å²) in [6.07, 6.45) is 6.67. The van der Waals surface area contributed by atoms with Gasteiger partial charge in [0.05, 0.1) is 17.6 Å². The van der Waals surface area contributed by atoms with Crippen molar-refractivity contribution in [2.75, 3.05) is 0 Å². The summed E-state index contributed by atoms with van der Waals surface area (Å²) in [7, 11) is 1.82. The maximum absolute atomic E-state index is 12.3. The summed E-state index contributed by atoms with van der Waals surface area (Å²) in [5.74, 6) is -0.209. The van der Waals surface area contributed by atoms with Crippen molar-refractivity contribution in [3.63, 3.8) is 0 Å². The summed E-state index contributed by atoms with van der Waals surface area (Å²) >= 11 is 5.99. The van der Waals surface area contributed by atoms with Crippen molar-refractivity contribution >= 4 is 23.5 Å². The van der Waals surface area contributed by atoms with Crippen LogP contribution in [0.3, 0.4) is 0 Å². The predicted octanol–water partition coefficient (Wildman–Crippen LogP) is 2.86. The molecule has 0 bridgehead atoms. The fourth-order valence-electron chi connectivity index (χ4n) is 2.19. The molecule has 0 N–H and O–H groups in total. The lowest BCUT2D eigenvalue weighted by Crippen LogP contribution is -2.01. The molecule has 0 fully saturated rings. The van der Waals surface area contributed by atoms with Crippen LogP contribution in [-0.4, -0.2) is 30.6 Å². The average Bonchev–Trinajstić information content (AvgIpc) is 3.11. The third-order valence-electron chi connectivity index (χ3n) is 3.33. The highest BCUT2D eigenvalue weighted by Gasteiger charge is 2.15. The van der Waals surface area contributed by atoms with Crippen LogP contribution in [-0.2, 0) is 7.05 Å². The van der Waals surface area contributed by atoms with Crippen molar-refractivity contribution in [2.45, 2.75) is 6.92 Å². The van der Waals surface area contributed by atoms with Crippen LogP contribution < -0.4 is 0 Å². The SMILES string of the molecule is Cc1c(C(=O)/C=C\c2cnn(C)c2)nnn1-c1cccc(Cl)c1. The van der Waals surface area contributed by atoms with Crippen LogP contribution in [0.15, 0.2) is 42.7 Å². The molecule has 0 spiro atoms. The molecule has 3 rings (SSSR count). The molecule has 0 saturated heterocycles. The van der Waals surface area contributed by atoms with Gasteiger partial charge in [0.2, 0.25) is 5.78 Å². The van der Waals surface area contributed by atoms with Crippen molar-refractivity contribution in [2.24, 2.45) is 7.05 Å². The van der Waals surface area contributed by atoms with Gasteiger partial charge in [-0.1, -0.05) is 22.9 Å². The third kappa shape index (κ3) is 3.22. The first-order chi connectivity index (χ1) is 11.0. The fourth-order valence-corrected chi connectivity index (χ4v) is 2.37. The number of benzene rings is 1. The van der Waals surface area contributed by atoms with E-state index in [0.29, 0.717) is 16.4 Å². The zero-order chi connectivity index (χ0) is 16.4. The summed E-state index contributed by atoms with van der Waals surface area (Å²) in [4.78, 5) is 12.3. The van der Waals surface area contributed by atoms with E-state index in [9.17, 15) is 4.79 Å². The smallest absolute Gasteiger partial charge is 0.208 e. The van der Waals surface area contributed by atoms with Gasteiger partial charge in [0, 0.05) is 23.8 Å². The molecule has 2 heterocycles. The lowest BCUT2D eigenvalue weighted by molar-refractivity contribution is 0.104. The predicted molar refractivity (Wildman–Crippen MR) is 87.7 cm³/mol. The van der Waals surface area contributed by atoms with Gasteiger partial charge >= 0.3 is 0 Å². The minimum atomic E-state index is -0.209. The quantitative estimate of drug-likeness (QED) is 0.546. The number of hydrogen-bond donors (Lipinski definition) is 0. The van der Waals surface area contributed by atoms with Crippen LogP contribution in [0.1, 0.15) is 21.7 Å². The van der Waals surface area contributed by atoms with E-state index in [1.165, 1.54) is 6.08 Å². The number of allylic oxidation sites excluding steroid dienone is 1. The number of aromatic nitrogens is 5. The lowest BCUT2D eigenvalue weighted by Gasteiger charge is -2.03. The molecule has 0 atom stereocenters. The standard InChI is InChI=1S/C16H14ClN5O/c1-11-16(15(23)7-6-12-9-18-21(2)10-12)19-20-22(11)14-5-3-4-13(17)8-14/h3-10H,1-2H3/b7-6-. The highest BCUT2D eigenvalue weighted by molar-refractivity contribution is 6.30. The topological polar surface area (TPSA) is 65.6 Å². The number of rotatable bonds is 4. The van der Waals surface area contributed by atoms with E-state index in [1.54, 1.807) is 40.7 Å². The van der Waals surface area contributed by atoms with Crippen molar-refractivity contribution in [3.05, 3.63) is 64.7 Å². The van der Waals surface area contributed by atoms with Crippen molar-refractivity contribution in [3.8, 4) is 5.69 Å². The molecular weight excluding hydrogens is 314 g/mol. The van der Waals surface area contributed by atoms with E-state index in [2.05, 4.69) is 15.4 Å². The highest BCUT2D eigenvalue weighted by atomic mass is 35.5. The fraction of sp³-hybridized carbons (Fsp3) is 0.125. The van der Waals surface area contributed by atoms with E-state index in [-0.39, 0.29) is 5.78 Å². The van der Waals surface area contributed by atoms with Gasteiger partial charge in [0.25, 0.3) is 0 Å². The summed E-state index contributed by atoms with van der Waals surface area (Å²) in [5.41, 5.74) is 2.58. The number of aryl methyl sites for hydroxylation is 1. The zero-order valence-electron chi connectivity index (χ0n) is 12.6. The van der Waals surface area contributed by atoms with Crippen LogP contribution in [0.5, 0.6) is 0 Å². The molecule has 116 valence electrons. The van der Waals surface area contributed by atoms with Gasteiger partial charge in [-0.05, 0) is 37.3 Å². The molecule has 2 aromatic heterocycles. The zero-order valence-corrected chi connectivity index (χ0v) is 13.4. The Morgan fingerprint density at radius 1 is 1.35 bits per heavy atom. The lowest BCUT2D eigenvalue weighted by atomic mass is 10.2. The van der Waals surface area contributed by atoms with Gasteiger partial charge in [0.1, 0.15) is 0 Å². The third-order valence-corrected chi connectivity index (χ3v) is 3.57. The van der Waals surface area contributed by atoms with E-state index >= 15 is 0 Å². The van der Waals surface area contributed by atoms with E-state index < -0.39 is 0 Å². The Balaban J connectivity index is 1.86. The van der Waals surface area contributed by atoms with Gasteiger partial charge in [-0.25, -0.2) is 4.68 Å². The molecule has 0 radical (unpaired) electrons. The monoisotopic (exact) mass is 327 g/mol. The number of carbonyl (C=O) groups excluding carboxylic acids is 1. The highest BCUT2D eigenvalue weighted by Crippen LogP contribution is 2.17. The number of nitrogens with zero attached hydrogens (tertiary/aromatic N) is 5. The normalized spacial score (nSPS) is 11.3. The first kappa shape index (κ1) is 15.2. The number of hydrogen-bond acceptors (Lipinski definition) is 4. The Morgan fingerprint density at radius 3 is 2.87 bits per heavy atom.